The predicted octanol–water partition coefficient (Wildman–Crippen LogP) is 2.84. The molecule has 0 amide bonds. The summed E-state index contributed by atoms with van der Waals surface area (Å²) in [6.45, 7) is 1.97. The summed E-state index contributed by atoms with van der Waals surface area (Å²) >= 11 is 4.97. The van der Waals surface area contributed by atoms with Gasteiger partial charge in [-0.25, -0.2) is 0 Å². The van der Waals surface area contributed by atoms with Gasteiger partial charge < -0.3 is 9.84 Å². The molecule has 1 atom stereocenters. The van der Waals surface area contributed by atoms with E-state index in [4.69, 9.17) is 4.52 Å². The maximum Gasteiger partial charge on any atom is 0.243 e. The number of hydrogen-bond acceptors (Lipinski definition) is 5. The average Bonchev–Trinajstić information content (AvgIpc) is 2.84. The first-order valence-electron chi connectivity index (χ1n) is 4.46. The minimum Gasteiger partial charge on any atom is -0.337 e. The monoisotopic (exact) mass is 287 g/mol. The topological polar surface area (TPSA) is 51.0 Å². The minimum atomic E-state index is 0.0784. The Labute approximate surface area is 99.8 Å². The van der Waals surface area contributed by atoms with Crippen molar-refractivity contribution in [3.8, 4) is 10.7 Å². The third-order valence-electron chi connectivity index (χ3n) is 2.03. The number of hydrogen-bond donors (Lipinski definition) is 1. The summed E-state index contributed by atoms with van der Waals surface area (Å²) in [6.07, 6.45) is 0. The number of rotatable bonds is 3. The average molecular weight is 288 g/mol. The highest BCUT2D eigenvalue weighted by atomic mass is 79.9. The lowest BCUT2D eigenvalue weighted by Crippen LogP contribution is -2.12. The van der Waals surface area contributed by atoms with E-state index in [2.05, 4.69) is 31.4 Å². The van der Waals surface area contributed by atoms with Gasteiger partial charge in [0.05, 0.1) is 10.9 Å². The Bertz CT molecular complexity index is 454. The fraction of sp³-hybridized carbons (Fsp3) is 0.333. The molecule has 0 bridgehead atoms. The van der Waals surface area contributed by atoms with Crippen LogP contribution in [-0.2, 0) is 0 Å². The second kappa shape index (κ2) is 4.42. The number of nitrogens with zero attached hydrogens (tertiary/aromatic N) is 2. The molecule has 0 radical (unpaired) electrons. The molecule has 80 valence electrons. The zero-order valence-electron chi connectivity index (χ0n) is 8.32. The van der Waals surface area contributed by atoms with Crippen LogP contribution < -0.4 is 5.32 Å². The van der Waals surface area contributed by atoms with Crippen molar-refractivity contribution >= 4 is 27.3 Å². The number of thiophene rings is 1. The Morgan fingerprint density at radius 1 is 1.60 bits per heavy atom. The highest BCUT2D eigenvalue weighted by Crippen LogP contribution is 2.28. The van der Waals surface area contributed by atoms with Crippen LogP contribution in [0.2, 0.25) is 0 Å². The van der Waals surface area contributed by atoms with Crippen molar-refractivity contribution in [2.75, 3.05) is 7.05 Å². The van der Waals surface area contributed by atoms with E-state index in [1.165, 1.54) is 0 Å². The number of nitrogens with one attached hydrogen (secondary N) is 1. The fourth-order valence-electron chi connectivity index (χ4n) is 1.06. The molecule has 0 saturated carbocycles. The summed E-state index contributed by atoms with van der Waals surface area (Å²) in [7, 11) is 1.86. The summed E-state index contributed by atoms with van der Waals surface area (Å²) < 4.78 is 6.19. The summed E-state index contributed by atoms with van der Waals surface area (Å²) in [4.78, 5) is 5.31. The molecular formula is C9H10BrN3OS. The molecule has 0 saturated heterocycles. The van der Waals surface area contributed by atoms with Crippen LogP contribution in [0, 0.1) is 0 Å². The lowest BCUT2D eigenvalue weighted by atomic mass is 10.3. The highest BCUT2D eigenvalue weighted by molar-refractivity contribution is 9.10. The minimum absolute atomic E-state index is 0.0784. The molecule has 4 nitrogen and oxygen atoms in total. The summed E-state index contributed by atoms with van der Waals surface area (Å²) in [5.74, 6) is 1.25. The van der Waals surface area contributed by atoms with Gasteiger partial charge in [-0.3, -0.25) is 0 Å². The lowest BCUT2D eigenvalue weighted by Gasteiger charge is -2.01. The van der Waals surface area contributed by atoms with Gasteiger partial charge in [-0.2, -0.15) is 4.98 Å². The zero-order valence-corrected chi connectivity index (χ0v) is 10.7. The quantitative estimate of drug-likeness (QED) is 0.943. The van der Waals surface area contributed by atoms with Crippen LogP contribution in [-0.4, -0.2) is 17.2 Å². The molecule has 15 heavy (non-hydrogen) atoms. The zero-order chi connectivity index (χ0) is 10.8. The second-order valence-electron chi connectivity index (χ2n) is 3.10. The summed E-state index contributed by atoms with van der Waals surface area (Å²) in [6, 6.07) is 2.05. The maximum absolute atomic E-state index is 5.15. The third kappa shape index (κ3) is 2.27. The van der Waals surface area contributed by atoms with Gasteiger partial charge in [0.15, 0.2) is 0 Å². The molecular weight excluding hydrogens is 278 g/mol. The molecule has 2 aromatic rings. The van der Waals surface area contributed by atoms with Crippen molar-refractivity contribution in [3.05, 3.63) is 21.8 Å². The molecule has 0 aliphatic carbocycles. The van der Waals surface area contributed by atoms with Gasteiger partial charge in [0.2, 0.25) is 11.7 Å². The van der Waals surface area contributed by atoms with E-state index in [9.17, 15) is 0 Å². The van der Waals surface area contributed by atoms with Crippen LogP contribution in [0.5, 0.6) is 0 Å². The Hall–Kier alpha value is -0.720. The standard InChI is InChI=1S/C9H10BrN3OS/c1-5(11-2)9-12-8(13-14-9)7-3-6(10)4-15-7/h3-5,11H,1-2H3. The van der Waals surface area contributed by atoms with Crippen LogP contribution in [0.15, 0.2) is 20.4 Å². The first kappa shape index (κ1) is 10.8. The van der Waals surface area contributed by atoms with Crippen molar-refractivity contribution in [1.82, 2.24) is 15.5 Å². The molecule has 0 aromatic carbocycles. The Morgan fingerprint density at radius 3 is 3.00 bits per heavy atom. The smallest absolute Gasteiger partial charge is 0.243 e. The molecule has 2 aromatic heterocycles. The van der Waals surface area contributed by atoms with Crippen LogP contribution in [0.1, 0.15) is 18.9 Å². The van der Waals surface area contributed by atoms with E-state index < -0.39 is 0 Å². The van der Waals surface area contributed by atoms with E-state index >= 15 is 0 Å². The van der Waals surface area contributed by atoms with Gasteiger partial charge >= 0.3 is 0 Å². The normalized spacial score (nSPS) is 13.0. The number of aromatic nitrogens is 2. The summed E-state index contributed by atoms with van der Waals surface area (Å²) in [5, 5.41) is 8.97. The van der Waals surface area contributed by atoms with Gasteiger partial charge in [0.25, 0.3) is 0 Å². The van der Waals surface area contributed by atoms with Gasteiger partial charge in [-0.15, -0.1) is 11.3 Å². The first-order chi connectivity index (χ1) is 7.20. The molecule has 0 fully saturated rings. The van der Waals surface area contributed by atoms with Gasteiger partial charge in [0.1, 0.15) is 0 Å². The van der Waals surface area contributed by atoms with Gasteiger partial charge in [-0.05, 0) is 36.0 Å². The van der Waals surface area contributed by atoms with Crippen molar-refractivity contribution < 1.29 is 4.52 Å². The Morgan fingerprint density at radius 2 is 2.40 bits per heavy atom. The van der Waals surface area contributed by atoms with Gasteiger partial charge in [-0.1, -0.05) is 5.16 Å². The molecule has 0 aliphatic rings. The van der Waals surface area contributed by atoms with E-state index in [1.54, 1.807) is 11.3 Å². The third-order valence-corrected chi connectivity index (χ3v) is 3.72. The van der Waals surface area contributed by atoms with Crippen LogP contribution in [0.25, 0.3) is 10.7 Å². The molecule has 0 spiro atoms. The maximum atomic E-state index is 5.15. The molecule has 6 heteroatoms. The fourth-order valence-corrected chi connectivity index (χ4v) is 2.42. The van der Waals surface area contributed by atoms with Crippen molar-refractivity contribution in [2.24, 2.45) is 0 Å². The van der Waals surface area contributed by atoms with Crippen LogP contribution in [0.4, 0.5) is 0 Å². The van der Waals surface area contributed by atoms with Crippen molar-refractivity contribution in [2.45, 2.75) is 13.0 Å². The summed E-state index contributed by atoms with van der Waals surface area (Å²) in [5.41, 5.74) is 0. The Kier molecular flexibility index (Phi) is 3.18. The molecule has 2 rings (SSSR count). The molecule has 1 unspecified atom stereocenters. The number of halogens is 1. The van der Waals surface area contributed by atoms with Crippen molar-refractivity contribution in [3.63, 3.8) is 0 Å². The van der Waals surface area contributed by atoms with Crippen molar-refractivity contribution in [1.29, 1.82) is 0 Å². The Balaban J connectivity index is 2.27. The first-order valence-corrected chi connectivity index (χ1v) is 6.13. The lowest BCUT2D eigenvalue weighted by molar-refractivity contribution is 0.347. The van der Waals surface area contributed by atoms with E-state index in [0.29, 0.717) is 11.7 Å². The highest BCUT2D eigenvalue weighted by Gasteiger charge is 2.14. The molecule has 0 aliphatic heterocycles. The predicted molar refractivity (Wildman–Crippen MR) is 62.8 cm³/mol. The van der Waals surface area contributed by atoms with E-state index in [1.807, 2.05) is 25.4 Å². The van der Waals surface area contributed by atoms with Crippen LogP contribution >= 0.6 is 27.3 Å². The second-order valence-corrected chi connectivity index (χ2v) is 4.92. The van der Waals surface area contributed by atoms with E-state index in [0.717, 1.165) is 9.35 Å². The van der Waals surface area contributed by atoms with E-state index in [-0.39, 0.29) is 6.04 Å². The van der Waals surface area contributed by atoms with Crippen LogP contribution in [0.3, 0.4) is 0 Å². The SMILES string of the molecule is CNC(C)c1nc(-c2cc(Br)cs2)no1. The largest absolute Gasteiger partial charge is 0.337 e. The van der Waals surface area contributed by atoms with Gasteiger partial charge in [0, 0.05) is 9.85 Å². The molecule has 1 N–H and O–H groups in total. The molecule has 2 heterocycles.